The molecule has 17 heavy (non-hydrogen) atoms. The van der Waals surface area contributed by atoms with E-state index in [4.69, 9.17) is 5.84 Å². The highest BCUT2D eigenvalue weighted by Gasteiger charge is 2.07. The summed E-state index contributed by atoms with van der Waals surface area (Å²) in [5.74, 6) is 7.07. The van der Waals surface area contributed by atoms with Crippen LogP contribution in [-0.2, 0) is 0 Å². The summed E-state index contributed by atoms with van der Waals surface area (Å²) in [6.07, 6.45) is 4.49. The molecule has 3 N–H and O–H groups in total. The first-order valence-corrected chi connectivity index (χ1v) is 6.17. The Morgan fingerprint density at radius 2 is 2.29 bits per heavy atom. The third-order valence-corrected chi connectivity index (χ3v) is 2.93. The monoisotopic (exact) mass is 251 g/mol. The lowest BCUT2D eigenvalue weighted by molar-refractivity contribution is 0.760. The first-order chi connectivity index (χ1) is 8.33. The number of hydrazine groups is 1. The van der Waals surface area contributed by atoms with E-state index in [2.05, 4.69) is 32.4 Å². The van der Waals surface area contributed by atoms with Gasteiger partial charge in [0.05, 0.1) is 0 Å². The van der Waals surface area contributed by atoms with Crippen LogP contribution in [0.15, 0.2) is 23.6 Å². The first kappa shape index (κ1) is 11.8. The van der Waals surface area contributed by atoms with E-state index in [0.717, 1.165) is 12.2 Å². The third-order valence-electron chi connectivity index (χ3n) is 1.88. The molecule has 0 amide bonds. The Hall–Kier alpha value is -1.67. The number of rotatable bonds is 5. The van der Waals surface area contributed by atoms with Crippen LogP contribution >= 0.6 is 11.8 Å². The Morgan fingerprint density at radius 1 is 1.41 bits per heavy atom. The van der Waals surface area contributed by atoms with Gasteiger partial charge in [0, 0.05) is 18.1 Å². The van der Waals surface area contributed by atoms with Gasteiger partial charge in [0.25, 0.3) is 5.95 Å². The quantitative estimate of drug-likeness (QED) is 0.462. The second-order valence-electron chi connectivity index (χ2n) is 3.19. The van der Waals surface area contributed by atoms with E-state index >= 15 is 0 Å². The van der Waals surface area contributed by atoms with E-state index < -0.39 is 0 Å². The SMILES string of the molecule is CCCSc1nc(NN)nc(-n2cccn2)n1. The number of aromatic nitrogens is 5. The first-order valence-electron chi connectivity index (χ1n) is 5.19. The lowest BCUT2D eigenvalue weighted by Gasteiger charge is -2.05. The van der Waals surface area contributed by atoms with E-state index in [1.54, 1.807) is 34.9 Å². The molecule has 0 saturated heterocycles. The maximum absolute atomic E-state index is 5.33. The van der Waals surface area contributed by atoms with Gasteiger partial charge in [-0.25, -0.2) is 10.5 Å². The summed E-state index contributed by atoms with van der Waals surface area (Å²) in [5, 5.41) is 4.71. The summed E-state index contributed by atoms with van der Waals surface area (Å²) in [4.78, 5) is 12.6. The van der Waals surface area contributed by atoms with Crippen LogP contribution in [0.1, 0.15) is 13.3 Å². The van der Waals surface area contributed by atoms with Crippen molar-refractivity contribution in [2.24, 2.45) is 5.84 Å². The third kappa shape index (κ3) is 2.92. The molecular weight excluding hydrogens is 238 g/mol. The van der Waals surface area contributed by atoms with Crippen LogP contribution in [0.4, 0.5) is 5.95 Å². The van der Waals surface area contributed by atoms with Crippen LogP contribution in [-0.4, -0.2) is 30.5 Å². The van der Waals surface area contributed by atoms with Crippen LogP contribution < -0.4 is 11.3 Å². The fourth-order valence-electron chi connectivity index (χ4n) is 1.16. The van der Waals surface area contributed by atoms with E-state index in [1.165, 1.54) is 0 Å². The number of nitrogens with zero attached hydrogens (tertiary/aromatic N) is 5. The van der Waals surface area contributed by atoms with Crippen molar-refractivity contribution in [1.82, 2.24) is 24.7 Å². The van der Waals surface area contributed by atoms with E-state index in [9.17, 15) is 0 Å². The molecule has 2 heterocycles. The molecule has 0 fully saturated rings. The fraction of sp³-hybridized carbons (Fsp3) is 0.333. The van der Waals surface area contributed by atoms with Gasteiger partial charge in [-0.3, -0.25) is 5.43 Å². The molecule has 90 valence electrons. The van der Waals surface area contributed by atoms with Crippen molar-refractivity contribution in [3.8, 4) is 5.95 Å². The molecule has 7 nitrogen and oxygen atoms in total. The normalized spacial score (nSPS) is 10.5. The maximum atomic E-state index is 5.33. The number of thioether (sulfide) groups is 1. The van der Waals surface area contributed by atoms with Crippen molar-refractivity contribution >= 4 is 17.7 Å². The molecule has 0 aliphatic heterocycles. The molecule has 2 aromatic heterocycles. The number of nitrogens with one attached hydrogen (secondary N) is 1. The smallest absolute Gasteiger partial charge is 0.256 e. The predicted molar refractivity (Wildman–Crippen MR) is 65.8 cm³/mol. The highest BCUT2D eigenvalue weighted by molar-refractivity contribution is 7.99. The molecular formula is C9H13N7S. The Kier molecular flexibility index (Phi) is 3.89. The number of anilines is 1. The van der Waals surface area contributed by atoms with Crippen molar-refractivity contribution in [3.05, 3.63) is 18.5 Å². The molecule has 8 heteroatoms. The molecule has 0 radical (unpaired) electrons. The van der Waals surface area contributed by atoms with Gasteiger partial charge in [-0.2, -0.15) is 20.1 Å². The van der Waals surface area contributed by atoms with Crippen LogP contribution in [0.2, 0.25) is 0 Å². The Bertz CT molecular complexity index is 470. The lowest BCUT2D eigenvalue weighted by atomic mass is 10.6. The van der Waals surface area contributed by atoms with Crippen LogP contribution in [0.25, 0.3) is 5.95 Å². The zero-order chi connectivity index (χ0) is 12.1. The summed E-state index contributed by atoms with van der Waals surface area (Å²) in [5.41, 5.74) is 2.43. The van der Waals surface area contributed by atoms with Gasteiger partial charge in [0.15, 0.2) is 5.16 Å². The van der Waals surface area contributed by atoms with E-state index in [-0.39, 0.29) is 0 Å². The Balaban J connectivity index is 2.32. The van der Waals surface area contributed by atoms with Crippen LogP contribution in [0, 0.1) is 0 Å². The number of nitrogen functional groups attached to an aromatic ring is 1. The maximum Gasteiger partial charge on any atom is 0.256 e. The van der Waals surface area contributed by atoms with Crippen molar-refractivity contribution in [1.29, 1.82) is 0 Å². The van der Waals surface area contributed by atoms with Crippen LogP contribution in [0.3, 0.4) is 0 Å². The van der Waals surface area contributed by atoms with Crippen molar-refractivity contribution < 1.29 is 0 Å². The standard InChI is InChI=1S/C9H13N7S/c1-2-6-17-9-13-7(15-10)12-8(14-9)16-5-3-4-11-16/h3-5H,2,6,10H2,1H3,(H,12,13,14,15). The van der Waals surface area contributed by atoms with Gasteiger partial charge in [-0.1, -0.05) is 18.7 Å². The minimum absolute atomic E-state index is 0.337. The van der Waals surface area contributed by atoms with Crippen molar-refractivity contribution in [3.63, 3.8) is 0 Å². The number of hydrogen-bond acceptors (Lipinski definition) is 7. The Labute approximate surface area is 103 Å². The fourth-order valence-corrected chi connectivity index (χ4v) is 1.84. The van der Waals surface area contributed by atoms with Gasteiger partial charge in [0.1, 0.15) is 0 Å². The summed E-state index contributed by atoms with van der Waals surface area (Å²) in [6, 6.07) is 1.80. The van der Waals surface area contributed by atoms with Crippen molar-refractivity contribution in [2.45, 2.75) is 18.5 Å². The summed E-state index contributed by atoms with van der Waals surface area (Å²) in [7, 11) is 0. The molecule has 0 spiro atoms. The Morgan fingerprint density at radius 3 is 2.94 bits per heavy atom. The topological polar surface area (TPSA) is 94.5 Å². The molecule has 0 unspecified atom stereocenters. The lowest BCUT2D eigenvalue weighted by Crippen LogP contribution is -2.14. The van der Waals surface area contributed by atoms with E-state index in [0.29, 0.717) is 17.1 Å². The number of hydrogen-bond donors (Lipinski definition) is 2. The summed E-state index contributed by atoms with van der Waals surface area (Å²) >= 11 is 1.56. The average molecular weight is 251 g/mol. The highest BCUT2D eigenvalue weighted by atomic mass is 32.2. The summed E-state index contributed by atoms with van der Waals surface area (Å²) in [6.45, 7) is 2.10. The second-order valence-corrected chi connectivity index (χ2v) is 4.25. The van der Waals surface area contributed by atoms with Gasteiger partial charge in [-0.05, 0) is 12.5 Å². The molecule has 0 aromatic carbocycles. The largest absolute Gasteiger partial charge is 0.292 e. The van der Waals surface area contributed by atoms with Crippen molar-refractivity contribution in [2.75, 3.05) is 11.2 Å². The summed E-state index contributed by atoms with van der Waals surface area (Å²) < 4.78 is 1.57. The molecule has 0 saturated carbocycles. The molecule has 0 atom stereocenters. The zero-order valence-corrected chi connectivity index (χ0v) is 10.2. The predicted octanol–water partition coefficient (Wildman–Crippen LogP) is 0.845. The average Bonchev–Trinajstić information content (AvgIpc) is 2.89. The highest BCUT2D eigenvalue weighted by Crippen LogP contribution is 2.16. The molecule has 0 bridgehead atoms. The molecule has 0 aliphatic rings. The van der Waals surface area contributed by atoms with Gasteiger partial charge >= 0.3 is 0 Å². The number of nitrogens with two attached hydrogens (primary N) is 1. The van der Waals surface area contributed by atoms with Crippen LogP contribution in [0.5, 0.6) is 0 Å². The zero-order valence-electron chi connectivity index (χ0n) is 9.37. The molecule has 2 aromatic rings. The minimum atomic E-state index is 0.337. The second kappa shape index (κ2) is 5.60. The van der Waals surface area contributed by atoms with Gasteiger partial charge < -0.3 is 0 Å². The van der Waals surface area contributed by atoms with Gasteiger partial charge in [0.2, 0.25) is 5.95 Å². The van der Waals surface area contributed by atoms with E-state index in [1.807, 2.05) is 0 Å². The molecule has 0 aliphatic carbocycles. The molecule has 2 rings (SSSR count). The van der Waals surface area contributed by atoms with Gasteiger partial charge in [-0.15, -0.1) is 0 Å². The minimum Gasteiger partial charge on any atom is -0.292 e.